The topological polar surface area (TPSA) is 46.5 Å². The summed E-state index contributed by atoms with van der Waals surface area (Å²) in [6.07, 6.45) is 2.11. The summed E-state index contributed by atoms with van der Waals surface area (Å²) in [6, 6.07) is 16.8. The van der Waals surface area contributed by atoms with Gasteiger partial charge in [-0.1, -0.05) is 36.4 Å². The second-order valence-corrected chi connectivity index (χ2v) is 8.85. The van der Waals surface area contributed by atoms with E-state index in [1.54, 1.807) is 18.4 Å². The molecule has 0 unspecified atom stereocenters. The molecule has 0 radical (unpaired) electrons. The zero-order valence-corrected chi connectivity index (χ0v) is 18.0. The second-order valence-electron chi connectivity index (χ2n) is 7.80. The van der Waals surface area contributed by atoms with Crippen molar-refractivity contribution in [1.82, 2.24) is 14.8 Å². The van der Waals surface area contributed by atoms with Crippen LogP contribution >= 0.6 is 11.3 Å². The van der Waals surface area contributed by atoms with Crippen LogP contribution in [0.1, 0.15) is 26.9 Å². The molecule has 3 heterocycles. The van der Waals surface area contributed by atoms with Gasteiger partial charge in [-0.15, -0.1) is 11.3 Å². The van der Waals surface area contributed by atoms with Crippen LogP contribution in [0.2, 0.25) is 0 Å². The molecule has 5 nitrogen and oxygen atoms in total. The van der Waals surface area contributed by atoms with Crippen LogP contribution in [0.25, 0.3) is 21.0 Å². The van der Waals surface area contributed by atoms with Crippen LogP contribution in [-0.2, 0) is 18.3 Å². The van der Waals surface area contributed by atoms with E-state index in [2.05, 4.69) is 64.4 Å². The lowest BCUT2D eigenvalue weighted by Crippen LogP contribution is -2.38. The average molecular weight is 420 g/mol. The maximum absolute atomic E-state index is 12.6. The Bertz CT molecular complexity index is 1230. The number of nitrogens with zero attached hydrogens (tertiary/aromatic N) is 2. The number of thiophene rings is 1. The molecule has 2 aromatic carbocycles. The van der Waals surface area contributed by atoms with Gasteiger partial charge in [0.25, 0.3) is 5.91 Å². The zero-order valence-electron chi connectivity index (χ0n) is 17.2. The molecule has 0 spiro atoms. The molecule has 30 heavy (non-hydrogen) atoms. The highest BCUT2D eigenvalue weighted by molar-refractivity contribution is 7.21. The van der Waals surface area contributed by atoms with Gasteiger partial charge in [-0.25, -0.2) is 0 Å². The van der Waals surface area contributed by atoms with Crippen molar-refractivity contribution >= 4 is 38.2 Å². The highest BCUT2D eigenvalue weighted by Crippen LogP contribution is 2.38. The van der Waals surface area contributed by atoms with Crippen molar-refractivity contribution in [2.45, 2.75) is 12.6 Å². The Morgan fingerprint density at radius 3 is 2.77 bits per heavy atom. The van der Waals surface area contributed by atoms with Gasteiger partial charge in [-0.3, -0.25) is 9.69 Å². The van der Waals surface area contributed by atoms with Gasteiger partial charge in [0.05, 0.1) is 17.6 Å². The molecule has 2 aromatic heterocycles. The van der Waals surface area contributed by atoms with E-state index in [1.807, 2.05) is 12.1 Å². The maximum atomic E-state index is 12.6. The molecule has 1 N–H and O–H groups in total. The summed E-state index contributed by atoms with van der Waals surface area (Å²) in [4.78, 5) is 15.8. The van der Waals surface area contributed by atoms with Gasteiger partial charge >= 0.3 is 0 Å². The number of rotatable bonds is 4. The Hall–Kier alpha value is -2.67. The minimum Gasteiger partial charge on any atom is -0.371 e. The first-order chi connectivity index (χ1) is 14.7. The molecule has 6 heteroatoms. The molecule has 4 aromatic rings. The van der Waals surface area contributed by atoms with Crippen molar-refractivity contribution in [3.63, 3.8) is 0 Å². The molecule has 1 atom stereocenters. The number of amides is 1. The highest BCUT2D eigenvalue weighted by atomic mass is 32.1. The largest absolute Gasteiger partial charge is 0.371 e. The highest BCUT2D eigenvalue weighted by Gasteiger charge is 2.29. The van der Waals surface area contributed by atoms with E-state index >= 15 is 0 Å². The van der Waals surface area contributed by atoms with E-state index < -0.39 is 0 Å². The van der Waals surface area contributed by atoms with Crippen molar-refractivity contribution in [3.8, 4) is 0 Å². The number of carbonyl (C=O) groups excluding carboxylic acids is 1. The number of para-hydroxylation sites is 1. The van der Waals surface area contributed by atoms with E-state index in [4.69, 9.17) is 4.74 Å². The minimum atomic E-state index is -0.114. The van der Waals surface area contributed by atoms with Crippen LogP contribution in [0, 0.1) is 0 Å². The first-order valence-electron chi connectivity index (χ1n) is 10.3. The number of benzene rings is 2. The molecule has 1 saturated heterocycles. The Kier molecular flexibility index (Phi) is 5.06. The van der Waals surface area contributed by atoms with Crippen molar-refractivity contribution < 1.29 is 9.53 Å². The SMILES string of the molecule is CNC(=O)c1sc2ccccc2c1[C@H]1CN(Cc2cn(C)c3ccccc23)CCO1. The quantitative estimate of drug-likeness (QED) is 0.536. The van der Waals surface area contributed by atoms with Crippen molar-refractivity contribution in [1.29, 1.82) is 0 Å². The Labute approximate surface area is 179 Å². The molecule has 1 aliphatic heterocycles. The number of aryl methyl sites for hydroxylation is 1. The van der Waals surface area contributed by atoms with Gasteiger partial charge in [-0.05, 0) is 23.1 Å². The molecule has 0 bridgehead atoms. The van der Waals surface area contributed by atoms with E-state index in [0.717, 1.165) is 40.2 Å². The third kappa shape index (κ3) is 3.31. The lowest BCUT2D eigenvalue weighted by atomic mass is 10.0. The summed E-state index contributed by atoms with van der Waals surface area (Å²) in [7, 11) is 3.78. The number of nitrogens with one attached hydrogen (secondary N) is 1. The predicted molar refractivity (Wildman–Crippen MR) is 122 cm³/mol. The Morgan fingerprint density at radius 1 is 1.17 bits per heavy atom. The lowest BCUT2D eigenvalue weighted by Gasteiger charge is -2.33. The number of fused-ring (bicyclic) bond motifs is 2. The van der Waals surface area contributed by atoms with Crippen LogP contribution in [0.3, 0.4) is 0 Å². The van der Waals surface area contributed by atoms with Crippen molar-refractivity contribution in [2.75, 3.05) is 26.7 Å². The molecular formula is C24H25N3O2S. The molecule has 5 rings (SSSR count). The number of ether oxygens (including phenoxy) is 1. The van der Waals surface area contributed by atoms with Gasteiger partial charge in [0.15, 0.2) is 0 Å². The summed E-state index contributed by atoms with van der Waals surface area (Å²) in [5, 5.41) is 5.22. The number of carbonyl (C=O) groups is 1. The Balaban J connectivity index is 1.47. The van der Waals surface area contributed by atoms with Crippen molar-refractivity contribution in [2.24, 2.45) is 7.05 Å². The number of aromatic nitrogens is 1. The van der Waals surface area contributed by atoms with Crippen LogP contribution in [-0.4, -0.2) is 42.1 Å². The normalized spacial score (nSPS) is 17.6. The van der Waals surface area contributed by atoms with Crippen molar-refractivity contribution in [3.05, 3.63) is 70.7 Å². The first-order valence-corrected chi connectivity index (χ1v) is 11.1. The van der Waals surface area contributed by atoms with Crippen LogP contribution in [0.5, 0.6) is 0 Å². The predicted octanol–water partition coefficient (Wildman–Crippen LogP) is 4.33. The Morgan fingerprint density at radius 2 is 1.93 bits per heavy atom. The molecule has 1 fully saturated rings. The molecule has 0 saturated carbocycles. The number of morpholine rings is 1. The fraction of sp³-hybridized carbons (Fsp3) is 0.292. The monoisotopic (exact) mass is 419 g/mol. The first kappa shape index (κ1) is 19.3. The van der Waals surface area contributed by atoms with Crippen LogP contribution in [0.15, 0.2) is 54.7 Å². The maximum Gasteiger partial charge on any atom is 0.261 e. The van der Waals surface area contributed by atoms with Crippen LogP contribution in [0.4, 0.5) is 0 Å². The van der Waals surface area contributed by atoms with E-state index in [1.165, 1.54) is 16.5 Å². The second kappa shape index (κ2) is 7.87. The van der Waals surface area contributed by atoms with E-state index in [-0.39, 0.29) is 12.0 Å². The summed E-state index contributed by atoms with van der Waals surface area (Å²) < 4.78 is 9.53. The van der Waals surface area contributed by atoms with Gasteiger partial charge < -0.3 is 14.6 Å². The van der Waals surface area contributed by atoms with Gasteiger partial charge in [-0.2, -0.15) is 0 Å². The zero-order chi connectivity index (χ0) is 20.7. The molecule has 1 aliphatic rings. The summed E-state index contributed by atoms with van der Waals surface area (Å²) in [5.41, 5.74) is 3.61. The summed E-state index contributed by atoms with van der Waals surface area (Å²) in [5.74, 6) is -0.0408. The third-order valence-electron chi connectivity index (χ3n) is 5.91. The third-order valence-corrected chi connectivity index (χ3v) is 7.10. The number of hydrogen-bond donors (Lipinski definition) is 1. The standard InChI is InChI=1S/C24H25N3O2S/c1-25-24(28)23-22(18-8-4-6-10-21(18)30-23)20-15-27(11-12-29-20)14-16-13-26(2)19-9-5-3-7-17(16)19/h3-10,13,20H,11-12,14-15H2,1-2H3,(H,25,28)/t20-/m1/s1. The smallest absolute Gasteiger partial charge is 0.261 e. The van der Waals surface area contributed by atoms with E-state index in [9.17, 15) is 4.79 Å². The number of hydrogen-bond acceptors (Lipinski definition) is 4. The average Bonchev–Trinajstić information content (AvgIpc) is 3.32. The fourth-order valence-corrected chi connectivity index (χ4v) is 5.68. The van der Waals surface area contributed by atoms with E-state index in [0.29, 0.717) is 6.61 Å². The summed E-state index contributed by atoms with van der Waals surface area (Å²) in [6.45, 7) is 3.19. The van der Waals surface area contributed by atoms with Gasteiger partial charge in [0, 0.05) is 61.1 Å². The van der Waals surface area contributed by atoms with Gasteiger partial charge in [0.2, 0.25) is 0 Å². The van der Waals surface area contributed by atoms with Gasteiger partial charge in [0.1, 0.15) is 0 Å². The molecule has 154 valence electrons. The molecule has 0 aliphatic carbocycles. The molecular weight excluding hydrogens is 394 g/mol. The van der Waals surface area contributed by atoms with Crippen LogP contribution < -0.4 is 5.32 Å². The minimum absolute atomic E-state index is 0.0408. The fourth-order valence-electron chi connectivity index (χ4n) is 4.48. The molecule has 1 amide bonds. The summed E-state index contributed by atoms with van der Waals surface area (Å²) >= 11 is 1.55. The lowest BCUT2D eigenvalue weighted by molar-refractivity contribution is -0.0322.